The second-order valence-corrected chi connectivity index (χ2v) is 6.52. The fourth-order valence-electron chi connectivity index (χ4n) is 1.94. The molecule has 1 amide bonds. The second kappa shape index (κ2) is 12.3. The van der Waals surface area contributed by atoms with E-state index in [4.69, 9.17) is 9.47 Å². The number of amides is 1. The van der Waals surface area contributed by atoms with Crippen molar-refractivity contribution < 1.29 is 19.1 Å². The van der Waals surface area contributed by atoms with Gasteiger partial charge in [-0.3, -0.25) is 0 Å². The number of ether oxygens (including phenoxy) is 2. The van der Waals surface area contributed by atoms with Gasteiger partial charge in [0.05, 0.1) is 13.2 Å². The normalized spacial score (nSPS) is 12.3. The minimum absolute atomic E-state index is 0.282. The summed E-state index contributed by atoms with van der Waals surface area (Å²) < 4.78 is 10.3. The van der Waals surface area contributed by atoms with Crippen LogP contribution < -0.4 is 5.32 Å². The Morgan fingerprint density at radius 2 is 1.59 bits per heavy atom. The van der Waals surface area contributed by atoms with Crippen molar-refractivity contribution in [2.75, 3.05) is 13.2 Å². The van der Waals surface area contributed by atoms with Crippen molar-refractivity contribution in [1.82, 2.24) is 5.32 Å². The van der Waals surface area contributed by atoms with E-state index in [2.05, 4.69) is 19.2 Å². The minimum Gasteiger partial charge on any atom is -0.464 e. The molecule has 130 valence electrons. The Bertz CT molecular complexity index is 316. The van der Waals surface area contributed by atoms with Gasteiger partial charge in [-0.2, -0.15) is 0 Å². The lowest BCUT2D eigenvalue weighted by atomic mass is 10.0. The molecule has 0 rings (SSSR count). The highest BCUT2D eigenvalue weighted by molar-refractivity contribution is 5.81. The highest BCUT2D eigenvalue weighted by Crippen LogP contribution is 2.09. The van der Waals surface area contributed by atoms with Crippen LogP contribution >= 0.6 is 0 Å². The fraction of sp³-hybridized carbons (Fsp3) is 0.882. The summed E-state index contributed by atoms with van der Waals surface area (Å²) in [6, 6.07) is -0.631. The molecule has 1 N–H and O–H groups in total. The van der Waals surface area contributed by atoms with Crippen LogP contribution in [0.2, 0.25) is 0 Å². The zero-order valence-electron chi connectivity index (χ0n) is 14.8. The average molecular weight is 315 g/mol. The van der Waals surface area contributed by atoms with Gasteiger partial charge in [0.15, 0.2) is 0 Å². The Hall–Kier alpha value is -1.26. The zero-order chi connectivity index (χ0) is 17.0. The summed E-state index contributed by atoms with van der Waals surface area (Å²) in [5.74, 6) is 0.505. The summed E-state index contributed by atoms with van der Waals surface area (Å²) in [7, 11) is 0. The Morgan fingerprint density at radius 1 is 0.955 bits per heavy atom. The number of alkyl carbamates (subject to hydrolysis) is 1. The molecule has 0 saturated heterocycles. The maximum absolute atomic E-state index is 12.1. The summed E-state index contributed by atoms with van der Waals surface area (Å²) in [4.78, 5) is 23.8. The third kappa shape index (κ3) is 11.4. The number of nitrogens with one attached hydrogen (secondary N) is 1. The molecule has 0 fully saturated rings. The molecule has 5 nitrogen and oxygen atoms in total. The number of carbonyl (C=O) groups is 2. The van der Waals surface area contributed by atoms with E-state index in [1.54, 1.807) is 0 Å². The van der Waals surface area contributed by atoms with Gasteiger partial charge in [0.25, 0.3) is 0 Å². The van der Waals surface area contributed by atoms with Gasteiger partial charge in [-0.15, -0.1) is 0 Å². The molecule has 0 aliphatic rings. The summed E-state index contributed by atoms with van der Waals surface area (Å²) in [5.41, 5.74) is 0. The van der Waals surface area contributed by atoms with E-state index in [9.17, 15) is 9.59 Å². The van der Waals surface area contributed by atoms with E-state index in [1.165, 1.54) is 0 Å². The molecular formula is C17H33NO4. The summed E-state index contributed by atoms with van der Waals surface area (Å²) in [5, 5.41) is 2.62. The third-order valence-corrected chi connectivity index (χ3v) is 3.18. The predicted octanol–water partition coefficient (Wildman–Crippen LogP) is 3.91. The first-order valence-electron chi connectivity index (χ1n) is 8.46. The second-order valence-electron chi connectivity index (χ2n) is 6.52. The molecular weight excluding hydrogens is 282 g/mol. The minimum atomic E-state index is -0.631. The van der Waals surface area contributed by atoms with Gasteiger partial charge >= 0.3 is 12.1 Å². The van der Waals surface area contributed by atoms with E-state index in [0.717, 1.165) is 25.7 Å². The van der Waals surface area contributed by atoms with Crippen LogP contribution in [0.4, 0.5) is 4.79 Å². The van der Waals surface area contributed by atoms with Gasteiger partial charge in [0.2, 0.25) is 0 Å². The van der Waals surface area contributed by atoms with Gasteiger partial charge in [-0.25, -0.2) is 9.59 Å². The molecule has 5 heteroatoms. The standard InChI is InChI=1S/C17H33NO4/c1-6-7-10-22-17(20)18-15(12-14(4)5)16(19)21-11-8-9-13(2)3/h13-15H,6-12H2,1-5H3,(H,18,20). The van der Waals surface area contributed by atoms with E-state index < -0.39 is 12.1 Å². The van der Waals surface area contributed by atoms with Crippen LogP contribution in [0.15, 0.2) is 0 Å². The van der Waals surface area contributed by atoms with Gasteiger partial charge in [0, 0.05) is 0 Å². The van der Waals surface area contributed by atoms with Gasteiger partial charge in [-0.05, 0) is 37.5 Å². The smallest absolute Gasteiger partial charge is 0.407 e. The lowest BCUT2D eigenvalue weighted by molar-refractivity contribution is -0.146. The summed E-state index contributed by atoms with van der Waals surface area (Å²) in [6.45, 7) is 11.1. The van der Waals surface area contributed by atoms with Crippen LogP contribution in [0, 0.1) is 11.8 Å². The third-order valence-electron chi connectivity index (χ3n) is 3.18. The van der Waals surface area contributed by atoms with Crippen LogP contribution in [-0.4, -0.2) is 31.3 Å². The Labute approximate surface area is 135 Å². The lowest BCUT2D eigenvalue weighted by Gasteiger charge is -2.19. The number of esters is 1. The number of unbranched alkanes of at least 4 members (excludes halogenated alkanes) is 1. The quantitative estimate of drug-likeness (QED) is 0.464. The van der Waals surface area contributed by atoms with Gasteiger partial charge in [0.1, 0.15) is 6.04 Å². The van der Waals surface area contributed by atoms with Crippen LogP contribution in [0.25, 0.3) is 0 Å². The van der Waals surface area contributed by atoms with Crippen LogP contribution in [0.3, 0.4) is 0 Å². The van der Waals surface area contributed by atoms with Gasteiger partial charge < -0.3 is 14.8 Å². The molecule has 0 aromatic carbocycles. The van der Waals surface area contributed by atoms with Gasteiger partial charge in [-0.1, -0.05) is 41.0 Å². The molecule has 1 atom stereocenters. The molecule has 0 radical (unpaired) electrons. The Kier molecular flexibility index (Phi) is 11.6. The van der Waals surface area contributed by atoms with Crippen LogP contribution in [0.1, 0.15) is 66.7 Å². The molecule has 0 aliphatic carbocycles. The molecule has 0 aliphatic heterocycles. The number of carbonyl (C=O) groups excluding carboxylic acids is 2. The largest absolute Gasteiger partial charge is 0.464 e. The molecule has 0 heterocycles. The molecule has 0 spiro atoms. The first-order valence-corrected chi connectivity index (χ1v) is 8.46. The SMILES string of the molecule is CCCCOC(=O)NC(CC(C)C)C(=O)OCCCC(C)C. The highest BCUT2D eigenvalue weighted by atomic mass is 16.6. The maximum Gasteiger partial charge on any atom is 0.407 e. The van der Waals surface area contributed by atoms with Crippen molar-refractivity contribution in [3.63, 3.8) is 0 Å². The summed E-state index contributed by atoms with van der Waals surface area (Å²) >= 11 is 0. The fourth-order valence-corrected chi connectivity index (χ4v) is 1.94. The lowest BCUT2D eigenvalue weighted by Crippen LogP contribution is -2.43. The molecule has 0 aromatic heterocycles. The Morgan fingerprint density at radius 3 is 2.14 bits per heavy atom. The van der Waals surface area contributed by atoms with Crippen molar-refractivity contribution in [3.8, 4) is 0 Å². The molecule has 0 aromatic rings. The first-order chi connectivity index (χ1) is 10.4. The number of rotatable bonds is 11. The van der Waals surface area contributed by atoms with Crippen molar-refractivity contribution in [3.05, 3.63) is 0 Å². The van der Waals surface area contributed by atoms with E-state index in [0.29, 0.717) is 25.6 Å². The van der Waals surface area contributed by atoms with Crippen molar-refractivity contribution >= 4 is 12.1 Å². The first kappa shape index (κ1) is 20.7. The predicted molar refractivity (Wildman–Crippen MR) is 87.7 cm³/mol. The highest BCUT2D eigenvalue weighted by Gasteiger charge is 2.23. The van der Waals surface area contributed by atoms with Crippen molar-refractivity contribution in [2.24, 2.45) is 11.8 Å². The average Bonchev–Trinajstić information content (AvgIpc) is 2.42. The molecule has 0 bridgehead atoms. The van der Waals surface area contributed by atoms with Crippen molar-refractivity contribution in [2.45, 2.75) is 72.8 Å². The van der Waals surface area contributed by atoms with E-state index in [-0.39, 0.29) is 11.9 Å². The molecule has 22 heavy (non-hydrogen) atoms. The number of hydrogen-bond donors (Lipinski definition) is 1. The zero-order valence-corrected chi connectivity index (χ0v) is 14.8. The molecule has 0 saturated carbocycles. The van der Waals surface area contributed by atoms with Crippen molar-refractivity contribution in [1.29, 1.82) is 0 Å². The van der Waals surface area contributed by atoms with Crippen LogP contribution in [0.5, 0.6) is 0 Å². The van der Waals surface area contributed by atoms with E-state index in [1.807, 2.05) is 20.8 Å². The van der Waals surface area contributed by atoms with E-state index >= 15 is 0 Å². The molecule has 1 unspecified atom stereocenters. The monoisotopic (exact) mass is 315 g/mol. The Balaban J connectivity index is 4.24. The number of hydrogen-bond acceptors (Lipinski definition) is 4. The summed E-state index contributed by atoms with van der Waals surface area (Å²) in [6.07, 6.45) is 3.65. The maximum atomic E-state index is 12.1. The topological polar surface area (TPSA) is 64.6 Å². The van der Waals surface area contributed by atoms with Crippen LogP contribution in [-0.2, 0) is 14.3 Å².